The lowest BCUT2D eigenvalue weighted by Crippen LogP contribution is -2.39. The number of methoxy groups -OCH3 is 1. The minimum absolute atomic E-state index is 0.0489. The van der Waals surface area contributed by atoms with Gasteiger partial charge in [-0.1, -0.05) is 36.4 Å². The first-order valence-electron chi connectivity index (χ1n) is 6.90. The van der Waals surface area contributed by atoms with Crippen LogP contribution in [-0.2, 0) is 14.3 Å². The Morgan fingerprint density at radius 2 is 1.74 bits per heavy atom. The maximum Gasteiger partial charge on any atom is 0.325 e. The normalized spacial score (nSPS) is 16.2. The Balaban J connectivity index is 2.45. The molecule has 1 aliphatic carbocycles. The quantitative estimate of drug-likeness (QED) is 0.614. The van der Waals surface area contributed by atoms with Gasteiger partial charge in [0.15, 0.2) is 11.2 Å². The van der Waals surface area contributed by atoms with Crippen LogP contribution in [0.1, 0.15) is 16.8 Å². The fourth-order valence-corrected chi connectivity index (χ4v) is 2.48. The van der Waals surface area contributed by atoms with Gasteiger partial charge in [-0.2, -0.15) is 0 Å². The van der Waals surface area contributed by atoms with Gasteiger partial charge in [0.25, 0.3) is 0 Å². The van der Waals surface area contributed by atoms with Crippen molar-refractivity contribution < 1.29 is 29.3 Å². The number of carboxylic acid groups (broad SMARTS) is 2. The highest BCUT2D eigenvalue weighted by Crippen LogP contribution is 2.35. The van der Waals surface area contributed by atoms with Crippen LogP contribution in [0.5, 0.6) is 0 Å². The zero-order valence-electron chi connectivity index (χ0n) is 12.5. The number of hydrogen-bond donors (Lipinski definition) is 2. The predicted octanol–water partition coefficient (Wildman–Crippen LogP) is 1.93. The van der Waals surface area contributed by atoms with Crippen LogP contribution >= 0.6 is 0 Å². The lowest BCUT2D eigenvalue weighted by atomic mass is 9.76. The fourth-order valence-electron chi connectivity index (χ4n) is 2.48. The zero-order valence-corrected chi connectivity index (χ0v) is 12.5. The van der Waals surface area contributed by atoms with E-state index < -0.39 is 17.4 Å². The smallest absolute Gasteiger partial charge is 0.325 e. The van der Waals surface area contributed by atoms with E-state index >= 15 is 0 Å². The first kappa shape index (κ1) is 16.6. The second-order valence-electron chi connectivity index (χ2n) is 5.20. The third-order valence-electron chi connectivity index (χ3n) is 3.74. The molecule has 6 nitrogen and oxygen atoms in total. The molecule has 2 N–H and O–H groups in total. The molecule has 1 aromatic carbocycles. The van der Waals surface area contributed by atoms with Gasteiger partial charge in [-0.3, -0.25) is 14.4 Å². The molecule has 0 aliphatic heterocycles. The molecule has 0 amide bonds. The minimum Gasteiger partial charge on any atom is -0.480 e. The van der Waals surface area contributed by atoms with E-state index in [1.54, 1.807) is 30.3 Å². The average Bonchev–Trinajstić information content (AvgIpc) is 2.55. The van der Waals surface area contributed by atoms with Crippen LogP contribution in [0.25, 0.3) is 0 Å². The van der Waals surface area contributed by atoms with Crippen LogP contribution in [0.2, 0.25) is 0 Å². The van der Waals surface area contributed by atoms with Gasteiger partial charge in [0.05, 0.1) is 6.61 Å². The Bertz CT molecular complexity index is 685. The number of ketones is 1. The SMILES string of the molecule is COCC1=CC(C(=O)O)(C(=O)O)CC=C1C(=O)c1ccccc1. The van der Waals surface area contributed by atoms with Crippen molar-refractivity contribution >= 4 is 17.7 Å². The standard InChI is InChI=1S/C17H16O6/c1-23-10-12-9-17(15(19)20,16(21)22)8-7-13(12)14(18)11-5-3-2-4-6-11/h2-7,9H,8,10H2,1H3,(H,19,20)(H,21,22). The summed E-state index contributed by atoms with van der Waals surface area (Å²) >= 11 is 0. The lowest BCUT2D eigenvalue weighted by molar-refractivity contribution is -0.160. The second kappa shape index (κ2) is 6.58. The van der Waals surface area contributed by atoms with Crippen LogP contribution in [-0.4, -0.2) is 41.7 Å². The summed E-state index contributed by atoms with van der Waals surface area (Å²) in [5.74, 6) is -3.24. The third kappa shape index (κ3) is 3.07. The summed E-state index contributed by atoms with van der Waals surface area (Å²) in [7, 11) is 1.39. The number of allylic oxidation sites excluding steroid dienone is 1. The van der Waals surface area contributed by atoms with Crippen molar-refractivity contribution in [3.05, 3.63) is 59.2 Å². The van der Waals surface area contributed by atoms with Gasteiger partial charge in [0, 0.05) is 18.2 Å². The minimum atomic E-state index is -2.08. The summed E-state index contributed by atoms with van der Waals surface area (Å²) in [6.07, 6.45) is 2.18. The molecule has 1 aromatic rings. The molecule has 0 unspecified atom stereocenters. The van der Waals surface area contributed by atoms with E-state index in [-0.39, 0.29) is 30.0 Å². The first-order chi connectivity index (χ1) is 10.9. The number of carboxylic acids is 2. The summed E-state index contributed by atoms with van der Waals surface area (Å²) in [5.41, 5.74) is -1.10. The summed E-state index contributed by atoms with van der Waals surface area (Å²) in [5, 5.41) is 18.6. The summed E-state index contributed by atoms with van der Waals surface area (Å²) < 4.78 is 5.00. The van der Waals surface area contributed by atoms with Crippen molar-refractivity contribution in [1.29, 1.82) is 0 Å². The van der Waals surface area contributed by atoms with E-state index in [1.165, 1.54) is 13.2 Å². The molecule has 0 spiro atoms. The van der Waals surface area contributed by atoms with E-state index in [0.717, 1.165) is 6.08 Å². The third-order valence-corrected chi connectivity index (χ3v) is 3.74. The van der Waals surface area contributed by atoms with Crippen LogP contribution in [0.4, 0.5) is 0 Å². The largest absolute Gasteiger partial charge is 0.480 e. The molecule has 0 atom stereocenters. The number of carbonyl (C=O) groups excluding carboxylic acids is 1. The summed E-state index contributed by atoms with van der Waals surface area (Å²) in [6.45, 7) is -0.0489. The fraction of sp³-hybridized carbons (Fsp3) is 0.235. The first-order valence-corrected chi connectivity index (χ1v) is 6.90. The molecular weight excluding hydrogens is 300 g/mol. The number of ether oxygens (including phenoxy) is 1. The second-order valence-corrected chi connectivity index (χ2v) is 5.20. The average molecular weight is 316 g/mol. The summed E-state index contributed by atoms with van der Waals surface area (Å²) in [6, 6.07) is 8.50. The van der Waals surface area contributed by atoms with Gasteiger partial charge in [-0.05, 0) is 18.1 Å². The highest BCUT2D eigenvalue weighted by atomic mass is 16.5. The number of Topliss-reactive ketones (excluding diaryl/α,β-unsaturated/α-hetero) is 1. The Labute approximate surface area is 132 Å². The molecule has 0 radical (unpaired) electrons. The van der Waals surface area contributed by atoms with Crippen LogP contribution in [0, 0.1) is 5.41 Å². The van der Waals surface area contributed by atoms with E-state index in [0.29, 0.717) is 5.56 Å². The molecule has 0 aromatic heterocycles. The van der Waals surface area contributed by atoms with Gasteiger partial charge in [-0.15, -0.1) is 0 Å². The Kier molecular flexibility index (Phi) is 4.76. The topological polar surface area (TPSA) is 101 Å². The predicted molar refractivity (Wildman–Crippen MR) is 81.1 cm³/mol. The molecule has 23 heavy (non-hydrogen) atoms. The van der Waals surface area contributed by atoms with Crippen molar-refractivity contribution in [2.45, 2.75) is 6.42 Å². The Morgan fingerprint density at radius 1 is 1.13 bits per heavy atom. The Morgan fingerprint density at radius 3 is 2.26 bits per heavy atom. The molecule has 6 heteroatoms. The van der Waals surface area contributed by atoms with Crippen LogP contribution in [0.3, 0.4) is 0 Å². The van der Waals surface area contributed by atoms with E-state index in [9.17, 15) is 24.6 Å². The van der Waals surface area contributed by atoms with Gasteiger partial charge < -0.3 is 14.9 Å². The molecular formula is C17H16O6. The zero-order chi connectivity index (χ0) is 17.0. The highest BCUT2D eigenvalue weighted by Gasteiger charge is 2.46. The van der Waals surface area contributed by atoms with Crippen molar-refractivity contribution in [3.63, 3.8) is 0 Å². The maximum atomic E-state index is 12.6. The molecule has 0 bridgehead atoms. The van der Waals surface area contributed by atoms with Crippen molar-refractivity contribution in [2.24, 2.45) is 5.41 Å². The molecule has 120 valence electrons. The number of rotatable bonds is 6. The number of carbonyl (C=O) groups is 3. The molecule has 0 saturated carbocycles. The van der Waals surface area contributed by atoms with Crippen LogP contribution in [0.15, 0.2) is 53.6 Å². The molecule has 0 heterocycles. The van der Waals surface area contributed by atoms with E-state index in [4.69, 9.17) is 4.74 Å². The van der Waals surface area contributed by atoms with Crippen LogP contribution < -0.4 is 0 Å². The maximum absolute atomic E-state index is 12.6. The van der Waals surface area contributed by atoms with Gasteiger partial charge >= 0.3 is 11.9 Å². The van der Waals surface area contributed by atoms with Crippen molar-refractivity contribution in [2.75, 3.05) is 13.7 Å². The van der Waals surface area contributed by atoms with E-state index in [1.807, 2.05) is 0 Å². The molecule has 0 fully saturated rings. The molecule has 2 rings (SSSR count). The number of benzene rings is 1. The highest BCUT2D eigenvalue weighted by molar-refractivity contribution is 6.13. The summed E-state index contributed by atoms with van der Waals surface area (Å²) in [4.78, 5) is 35.4. The number of aliphatic carboxylic acids is 2. The van der Waals surface area contributed by atoms with Gasteiger partial charge in [0.2, 0.25) is 0 Å². The molecule has 1 aliphatic rings. The number of hydrogen-bond acceptors (Lipinski definition) is 4. The monoisotopic (exact) mass is 316 g/mol. The van der Waals surface area contributed by atoms with Crippen molar-refractivity contribution in [1.82, 2.24) is 0 Å². The van der Waals surface area contributed by atoms with Gasteiger partial charge in [-0.25, -0.2) is 0 Å². The van der Waals surface area contributed by atoms with Crippen molar-refractivity contribution in [3.8, 4) is 0 Å². The lowest BCUT2D eigenvalue weighted by Gasteiger charge is -2.26. The van der Waals surface area contributed by atoms with E-state index in [2.05, 4.69) is 0 Å². The molecule has 0 saturated heterocycles. The van der Waals surface area contributed by atoms with Gasteiger partial charge in [0.1, 0.15) is 0 Å². The Hall–Kier alpha value is -2.73.